The molecule has 5 nitrogen and oxygen atoms in total. The van der Waals surface area contributed by atoms with Crippen LogP contribution in [0.15, 0.2) is 42.5 Å². The van der Waals surface area contributed by atoms with Gasteiger partial charge >= 0.3 is 6.09 Å². The van der Waals surface area contributed by atoms with Gasteiger partial charge in [-0.25, -0.2) is 4.79 Å². The van der Waals surface area contributed by atoms with Crippen LogP contribution in [0.25, 0.3) is 0 Å². The highest BCUT2D eigenvalue weighted by Crippen LogP contribution is 2.32. The van der Waals surface area contributed by atoms with Crippen LogP contribution in [-0.4, -0.2) is 36.7 Å². The van der Waals surface area contributed by atoms with E-state index in [0.717, 1.165) is 18.7 Å². The van der Waals surface area contributed by atoms with E-state index >= 15 is 0 Å². The van der Waals surface area contributed by atoms with Gasteiger partial charge in [-0.3, -0.25) is 4.90 Å². The van der Waals surface area contributed by atoms with E-state index in [-0.39, 0.29) is 18.6 Å². The van der Waals surface area contributed by atoms with Gasteiger partial charge in [0.05, 0.1) is 12.1 Å². The standard InChI is InChI=1S/C18H23N3O2/c1-3-20-18(22)23-13-17-16(9-10-19)14(2)11-21(17)12-15-7-5-4-6-8-15/h4-8,16-17H,2-3,9,11-13H2,1H3,(H,20,22)/t16-,17+/m0/s1. The number of hydrogen-bond donors (Lipinski definition) is 1. The zero-order valence-corrected chi connectivity index (χ0v) is 13.5. The van der Waals surface area contributed by atoms with Crippen LogP contribution in [0.5, 0.6) is 0 Å². The fourth-order valence-corrected chi connectivity index (χ4v) is 2.97. The maximum Gasteiger partial charge on any atom is 0.407 e. The molecule has 1 aliphatic rings. The number of alkyl carbamates (subject to hydrolysis) is 1. The summed E-state index contributed by atoms with van der Waals surface area (Å²) in [7, 11) is 0. The summed E-state index contributed by atoms with van der Waals surface area (Å²) in [6.45, 7) is 8.24. The van der Waals surface area contributed by atoms with Gasteiger partial charge in [-0.05, 0) is 12.5 Å². The number of nitrogens with zero attached hydrogens (tertiary/aromatic N) is 2. The molecule has 1 fully saturated rings. The van der Waals surface area contributed by atoms with Crippen molar-refractivity contribution in [1.29, 1.82) is 5.26 Å². The molecule has 23 heavy (non-hydrogen) atoms. The molecule has 1 N–H and O–H groups in total. The van der Waals surface area contributed by atoms with Crippen LogP contribution in [0.4, 0.5) is 4.79 Å². The molecule has 1 amide bonds. The summed E-state index contributed by atoms with van der Waals surface area (Å²) in [6, 6.07) is 12.4. The van der Waals surface area contributed by atoms with Crippen LogP contribution in [0.2, 0.25) is 0 Å². The molecule has 122 valence electrons. The second kappa shape index (κ2) is 8.35. The van der Waals surface area contributed by atoms with E-state index in [4.69, 9.17) is 10.00 Å². The van der Waals surface area contributed by atoms with Crippen molar-refractivity contribution >= 4 is 6.09 Å². The van der Waals surface area contributed by atoms with Crippen LogP contribution in [-0.2, 0) is 11.3 Å². The van der Waals surface area contributed by atoms with E-state index < -0.39 is 6.09 Å². The fraction of sp³-hybridized carbons (Fsp3) is 0.444. The van der Waals surface area contributed by atoms with Crippen molar-refractivity contribution in [1.82, 2.24) is 10.2 Å². The van der Waals surface area contributed by atoms with Gasteiger partial charge in [0, 0.05) is 32.0 Å². The number of likely N-dealkylation sites (tertiary alicyclic amines) is 1. The van der Waals surface area contributed by atoms with E-state index in [2.05, 4.69) is 35.0 Å². The number of carbonyl (C=O) groups excluding carboxylic acids is 1. The summed E-state index contributed by atoms with van der Waals surface area (Å²) in [4.78, 5) is 13.8. The Morgan fingerprint density at radius 2 is 2.22 bits per heavy atom. The number of rotatable bonds is 6. The first-order valence-electron chi connectivity index (χ1n) is 7.89. The lowest BCUT2D eigenvalue weighted by molar-refractivity contribution is 0.0926. The topological polar surface area (TPSA) is 65.4 Å². The van der Waals surface area contributed by atoms with Gasteiger partial charge in [0.25, 0.3) is 0 Å². The minimum atomic E-state index is -0.416. The van der Waals surface area contributed by atoms with Crippen LogP contribution >= 0.6 is 0 Å². The van der Waals surface area contributed by atoms with Crippen molar-refractivity contribution in [2.75, 3.05) is 19.7 Å². The van der Waals surface area contributed by atoms with Crippen molar-refractivity contribution in [2.24, 2.45) is 5.92 Å². The number of hydrogen-bond acceptors (Lipinski definition) is 4. The lowest BCUT2D eigenvalue weighted by Crippen LogP contribution is -2.38. The maximum absolute atomic E-state index is 11.6. The highest BCUT2D eigenvalue weighted by molar-refractivity contribution is 5.67. The maximum atomic E-state index is 11.6. The summed E-state index contributed by atoms with van der Waals surface area (Å²) in [6.07, 6.45) is -0.0199. The lowest BCUT2D eigenvalue weighted by Gasteiger charge is -2.26. The van der Waals surface area contributed by atoms with Crippen molar-refractivity contribution in [3.05, 3.63) is 48.0 Å². The summed E-state index contributed by atoms with van der Waals surface area (Å²) >= 11 is 0. The third-order valence-electron chi connectivity index (χ3n) is 4.11. The SMILES string of the molecule is C=C1CN(Cc2ccccc2)[C@H](COC(=O)NCC)[C@H]1CC#N. The normalized spacial score (nSPS) is 21.0. The molecule has 0 aliphatic carbocycles. The number of carbonyl (C=O) groups is 1. The van der Waals surface area contributed by atoms with E-state index in [1.54, 1.807) is 0 Å². The Balaban J connectivity index is 2.07. The smallest absolute Gasteiger partial charge is 0.407 e. The molecule has 2 rings (SSSR count). The van der Waals surface area contributed by atoms with Crippen LogP contribution < -0.4 is 5.32 Å². The number of nitrogens with one attached hydrogen (secondary N) is 1. The second-order valence-electron chi connectivity index (χ2n) is 5.71. The second-order valence-corrected chi connectivity index (χ2v) is 5.71. The lowest BCUT2D eigenvalue weighted by atomic mass is 9.94. The Hall–Kier alpha value is -2.32. The molecule has 1 heterocycles. The Morgan fingerprint density at radius 1 is 1.48 bits per heavy atom. The molecular formula is C18H23N3O2. The summed E-state index contributed by atoms with van der Waals surface area (Å²) in [5.41, 5.74) is 2.23. The zero-order chi connectivity index (χ0) is 16.7. The first-order chi connectivity index (χ1) is 11.2. The third kappa shape index (κ3) is 4.57. The highest BCUT2D eigenvalue weighted by atomic mass is 16.5. The molecule has 0 bridgehead atoms. The van der Waals surface area contributed by atoms with Gasteiger partial charge in [0.1, 0.15) is 6.61 Å². The zero-order valence-electron chi connectivity index (χ0n) is 13.5. The van der Waals surface area contributed by atoms with Crippen LogP contribution in [0.1, 0.15) is 18.9 Å². The summed E-state index contributed by atoms with van der Waals surface area (Å²) < 4.78 is 5.32. The van der Waals surface area contributed by atoms with Crippen molar-refractivity contribution in [2.45, 2.75) is 25.9 Å². The molecule has 1 aromatic carbocycles. The predicted octanol–water partition coefficient (Wildman–Crippen LogP) is 2.70. The predicted molar refractivity (Wildman–Crippen MR) is 88.5 cm³/mol. The Bertz CT molecular complexity index is 580. The Kier molecular flexibility index (Phi) is 6.19. The molecule has 0 radical (unpaired) electrons. The van der Waals surface area contributed by atoms with Crippen LogP contribution in [0, 0.1) is 17.2 Å². The first kappa shape index (κ1) is 17.0. The molecule has 0 aromatic heterocycles. The average molecular weight is 313 g/mol. The highest BCUT2D eigenvalue weighted by Gasteiger charge is 2.37. The van der Waals surface area contributed by atoms with Gasteiger partial charge in [0.2, 0.25) is 0 Å². The molecule has 2 atom stereocenters. The molecule has 1 aliphatic heterocycles. The summed E-state index contributed by atoms with van der Waals surface area (Å²) in [5.74, 6) is 0.0399. The van der Waals surface area contributed by atoms with Gasteiger partial charge < -0.3 is 10.1 Å². The molecule has 5 heteroatoms. The van der Waals surface area contributed by atoms with Crippen molar-refractivity contribution in [3.63, 3.8) is 0 Å². The number of amides is 1. The van der Waals surface area contributed by atoms with Crippen molar-refractivity contribution < 1.29 is 9.53 Å². The molecule has 0 saturated carbocycles. The molecule has 1 saturated heterocycles. The first-order valence-corrected chi connectivity index (χ1v) is 7.89. The monoisotopic (exact) mass is 313 g/mol. The quantitative estimate of drug-likeness (QED) is 0.820. The Labute approximate surface area is 137 Å². The molecule has 0 spiro atoms. The fourth-order valence-electron chi connectivity index (χ4n) is 2.97. The van der Waals surface area contributed by atoms with E-state index in [9.17, 15) is 4.79 Å². The summed E-state index contributed by atoms with van der Waals surface area (Å²) in [5, 5.41) is 11.7. The van der Waals surface area contributed by atoms with Gasteiger partial charge in [-0.2, -0.15) is 5.26 Å². The third-order valence-corrected chi connectivity index (χ3v) is 4.11. The van der Waals surface area contributed by atoms with Gasteiger partial charge in [0.15, 0.2) is 0 Å². The minimum absolute atomic E-state index is 0.00929. The minimum Gasteiger partial charge on any atom is -0.448 e. The van der Waals surface area contributed by atoms with E-state index in [1.807, 2.05) is 25.1 Å². The molecule has 0 unspecified atom stereocenters. The molecular weight excluding hydrogens is 290 g/mol. The Morgan fingerprint density at radius 3 is 2.87 bits per heavy atom. The molecule has 1 aromatic rings. The number of nitriles is 1. The average Bonchev–Trinajstić information content (AvgIpc) is 2.82. The number of benzene rings is 1. The number of ether oxygens (including phenoxy) is 1. The largest absolute Gasteiger partial charge is 0.448 e. The van der Waals surface area contributed by atoms with Crippen LogP contribution in [0.3, 0.4) is 0 Å². The van der Waals surface area contributed by atoms with E-state index in [0.29, 0.717) is 13.0 Å². The van der Waals surface area contributed by atoms with Gasteiger partial charge in [-0.15, -0.1) is 0 Å². The van der Waals surface area contributed by atoms with Gasteiger partial charge in [-0.1, -0.05) is 42.5 Å². The van der Waals surface area contributed by atoms with E-state index in [1.165, 1.54) is 5.56 Å². The van der Waals surface area contributed by atoms with Crippen molar-refractivity contribution in [3.8, 4) is 6.07 Å².